The van der Waals surface area contributed by atoms with Gasteiger partial charge in [-0.05, 0) is 70.4 Å². The fraction of sp³-hybridized carbons (Fsp3) is 0.810. The van der Waals surface area contributed by atoms with E-state index in [0.717, 1.165) is 30.9 Å². The third-order valence-corrected chi connectivity index (χ3v) is 7.13. The second-order valence-electron chi connectivity index (χ2n) is 8.30. The lowest BCUT2D eigenvalue weighted by molar-refractivity contribution is 0.176. The van der Waals surface area contributed by atoms with Crippen LogP contribution in [0.4, 0.5) is 0 Å². The molecule has 0 atom stereocenters. The minimum Gasteiger partial charge on any atom is -0.356 e. The summed E-state index contributed by atoms with van der Waals surface area (Å²) in [6.45, 7) is 8.80. The van der Waals surface area contributed by atoms with Crippen LogP contribution in [0.25, 0.3) is 0 Å². The van der Waals surface area contributed by atoms with Gasteiger partial charge in [-0.3, -0.25) is 9.89 Å². The molecule has 6 heteroatoms. The average molecular weight is 392 g/mol. The van der Waals surface area contributed by atoms with Crippen molar-refractivity contribution in [1.82, 2.24) is 20.5 Å². The quantitative estimate of drug-likeness (QED) is 0.572. The Morgan fingerprint density at radius 1 is 1.19 bits per heavy atom. The molecule has 0 amide bonds. The largest absolute Gasteiger partial charge is 0.356 e. The lowest BCUT2D eigenvalue weighted by Crippen LogP contribution is -2.47. The van der Waals surface area contributed by atoms with Gasteiger partial charge in [0.05, 0.1) is 10.7 Å². The average Bonchev–Trinajstić information content (AvgIpc) is 3.11. The Balaban J connectivity index is 1.33. The van der Waals surface area contributed by atoms with E-state index in [1.54, 1.807) is 11.3 Å². The molecule has 3 rings (SSSR count). The van der Waals surface area contributed by atoms with E-state index in [-0.39, 0.29) is 0 Å². The number of thiazole rings is 1. The molecule has 27 heavy (non-hydrogen) atoms. The van der Waals surface area contributed by atoms with Gasteiger partial charge in [-0.15, -0.1) is 11.3 Å². The van der Waals surface area contributed by atoms with Crippen LogP contribution in [-0.4, -0.2) is 48.6 Å². The van der Waals surface area contributed by atoms with Gasteiger partial charge in [-0.1, -0.05) is 13.3 Å². The van der Waals surface area contributed by atoms with Crippen molar-refractivity contribution in [2.24, 2.45) is 16.8 Å². The van der Waals surface area contributed by atoms with Gasteiger partial charge in [0.15, 0.2) is 5.96 Å². The molecule has 2 aliphatic rings. The van der Waals surface area contributed by atoms with Crippen molar-refractivity contribution >= 4 is 17.3 Å². The molecule has 1 aliphatic heterocycles. The van der Waals surface area contributed by atoms with Crippen LogP contribution in [0.2, 0.25) is 0 Å². The number of piperidine rings is 1. The van der Waals surface area contributed by atoms with Gasteiger partial charge in [0.1, 0.15) is 0 Å². The number of aliphatic imine (C=N–C) groups is 1. The number of guanidine groups is 1. The molecule has 1 saturated carbocycles. The van der Waals surface area contributed by atoms with Gasteiger partial charge in [-0.2, -0.15) is 0 Å². The molecule has 5 nitrogen and oxygen atoms in total. The molecule has 0 unspecified atom stereocenters. The highest BCUT2D eigenvalue weighted by molar-refractivity contribution is 7.09. The molecule has 2 fully saturated rings. The first-order valence-corrected chi connectivity index (χ1v) is 11.6. The highest BCUT2D eigenvalue weighted by Crippen LogP contribution is 2.26. The predicted molar refractivity (Wildman–Crippen MR) is 115 cm³/mol. The molecule has 1 aromatic rings. The first kappa shape index (κ1) is 20.6. The normalized spacial score (nSPS) is 25.5. The van der Waals surface area contributed by atoms with Crippen LogP contribution in [0, 0.1) is 18.8 Å². The highest BCUT2D eigenvalue weighted by atomic mass is 32.1. The maximum Gasteiger partial charge on any atom is 0.191 e. The van der Waals surface area contributed by atoms with Gasteiger partial charge in [0, 0.05) is 31.6 Å². The fourth-order valence-corrected chi connectivity index (χ4v) is 5.01. The zero-order chi connectivity index (χ0) is 19.1. The Bertz CT molecular complexity index is 583. The monoisotopic (exact) mass is 391 g/mol. The topological polar surface area (TPSA) is 52.6 Å². The lowest BCUT2D eigenvalue weighted by Gasteiger charge is -2.33. The summed E-state index contributed by atoms with van der Waals surface area (Å²) >= 11 is 1.75. The molecule has 2 N–H and O–H groups in total. The first-order valence-electron chi connectivity index (χ1n) is 10.8. The summed E-state index contributed by atoms with van der Waals surface area (Å²) in [6.07, 6.45) is 9.15. The van der Waals surface area contributed by atoms with E-state index < -0.39 is 0 Å². The Hall–Kier alpha value is -1.14. The summed E-state index contributed by atoms with van der Waals surface area (Å²) in [5.41, 5.74) is 1.23. The number of hydrogen-bond acceptors (Lipinski definition) is 4. The van der Waals surface area contributed by atoms with E-state index in [0.29, 0.717) is 6.04 Å². The number of rotatable bonds is 6. The predicted octanol–water partition coefficient (Wildman–Crippen LogP) is 3.80. The van der Waals surface area contributed by atoms with Crippen molar-refractivity contribution in [3.8, 4) is 0 Å². The summed E-state index contributed by atoms with van der Waals surface area (Å²) < 4.78 is 0. The van der Waals surface area contributed by atoms with Crippen LogP contribution in [0.5, 0.6) is 0 Å². The van der Waals surface area contributed by atoms with Crippen molar-refractivity contribution in [2.75, 3.05) is 26.7 Å². The summed E-state index contributed by atoms with van der Waals surface area (Å²) in [4.78, 5) is 11.6. The van der Waals surface area contributed by atoms with Gasteiger partial charge in [0.2, 0.25) is 0 Å². The van der Waals surface area contributed by atoms with Gasteiger partial charge in [-0.25, -0.2) is 4.98 Å². The van der Waals surface area contributed by atoms with E-state index in [9.17, 15) is 0 Å². The van der Waals surface area contributed by atoms with E-state index in [1.165, 1.54) is 68.7 Å². The van der Waals surface area contributed by atoms with Crippen molar-refractivity contribution < 1.29 is 0 Å². The van der Waals surface area contributed by atoms with Crippen LogP contribution >= 0.6 is 11.3 Å². The van der Waals surface area contributed by atoms with Gasteiger partial charge in [0.25, 0.3) is 0 Å². The van der Waals surface area contributed by atoms with E-state index in [4.69, 9.17) is 0 Å². The molecule has 1 aromatic heterocycles. The Labute approximate surface area is 169 Å². The second kappa shape index (κ2) is 10.4. The number of aryl methyl sites for hydroxylation is 1. The molecule has 152 valence electrons. The number of nitrogens with zero attached hydrogens (tertiary/aromatic N) is 3. The van der Waals surface area contributed by atoms with Gasteiger partial charge >= 0.3 is 0 Å². The smallest absolute Gasteiger partial charge is 0.191 e. The highest BCUT2D eigenvalue weighted by Gasteiger charge is 2.22. The molecule has 2 heterocycles. The zero-order valence-corrected chi connectivity index (χ0v) is 18.2. The molecule has 1 saturated heterocycles. The van der Waals surface area contributed by atoms with Crippen molar-refractivity contribution in [3.63, 3.8) is 0 Å². The van der Waals surface area contributed by atoms with E-state index >= 15 is 0 Å². The van der Waals surface area contributed by atoms with E-state index in [2.05, 4.69) is 44.7 Å². The molecule has 0 aromatic carbocycles. The standard InChI is InChI=1S/C21H37N5S/c1-4-17-5-7-19(8-6-17)25-21(22-3)23-13-18-9-11-26(12-10-18)14-20-15-27-16(2)24-20/h15,17-19H,4-14H2,1-3H3,(H2,22,23,25). The van der Waals surface area contributed by atoms with Crippen molar-refractivity contribution in [2.45, 2.75) is 71.4 Å². The lowest BCUT2D eigenvalue weighted by atomic mass is 9.84. The van der Waals surface area contributed by atoms with Crippen molar-refractivity contribution in [3.05, 3.63) is 16.1 Å². The van der Waals surface area contributed by atoms with Gasteiger partial charge < -0.3 is 10.6 Å². The molecule has 0 spiro atoms. The van der Waals surface area contributed by atoms with Crippen LogP contribution < -0.4 is 10.6 Å². The van der Waals surface area contributed by atoms with Crippen molar-refractivity contribution in [1.29, 1.82) is 0 Å². The molecule has 1 aliphatic carbocycles. The van der Waals surface area contributed by atoms with Crippen LogP contribution in [0.3, 0.4) is 0 Å². The molecule has 0 radical (unpaired) electrons. The number of aromatic nitrogens is 1. The minimum absolute atomic E-state index is 0.599. The summed E-state index contributed by atoms with van der Waals surface area (Å²) in [5.74, 6) is 2.68. The second-order valence-corrected chi connectivity index (χ2v) is 9.36. The summed E-state index contributed by atoms with van der Waals surface area (Å²) in [7, 11) is 1.89. The fourth-order valence-electron chi connectivity index (χ4n) is 4.40. The summed E-state index contributed by atoms with van der Waals surface area (Å²) in [5, 5.41) is 10.6. The SMILES string of the molecule is CCC1CCC(NC(=NC)NCC2CCN(Cc3csc(C)n3)CC2)CC1. The third-order valence-electron chi connectivity index (χ3n) is 6.31. The maximum absolute atomic E-state index is 4.60. The van der Waals surface area contributed by atoms with Crippen LogP contribution in [0.1, 0.15) is 62.6 Å². The summed E-state index contributed by atoms with van der Waals surface area (Å²) in [6, 6.07) is 0.599. The Kier molecular flexibility index (Phi) is 7.94. The minimum atomic E-state index is 0.599. The van der Waals surface area contributed by atoms with Crippen LogP contribution in [-0.2, 0) is 6.54 Å². The molecular weight excluding hydrogens is 354 g/mol. The van der Waals surface area contributed by atoms with Crippen LogP contribution in [0.15, 0.2) is 10.4 Å². The van der Waals surface area contributed by atoms with E-state index in [1.807, 2.05) is 7.05 Å². The Morgan fingerprint density at radius 2 is 1.93 bits per heavy atom. The third kappa shape index (κ3) is 6.46. The number of nitrogens with one attached hydrogen (secondary N) is 2. The Morgan fingerprint density at radius 3 is 2.52 bits per heavy atom. The molecule has 0 bridgehead atoms. The number of hydrogen-bond donors (Lipinski definition) is 2. The first-order chi connectivity index (χ1) is 13.2. The number of likely N-dealkylation sites (tertiary alicyclic amines) is 1. The zero-order valence-electron chi connectivity index (χ0n) is 17.3. The maximum atomic E-state index is 4.60. The molecular formula is C21H37N5S.